The van der Waals surface area contributed by atoms with Gasteiger partial charge >= 0.3 is 5.97 Å². The lowest BCUT2D eigenvalue weighted by molar-refractivity contribution is -0.146. The van der Waals surface area contributed by atoms with Crippen LogP contribution in [0.4, 0.5) is 0 Å². The van der Waals surface area contributed by atoms with Gasteiger partial charge < -0.3 is 10.4 Å². The summed E-state index contributed by atoms with van der Waals surface area (Å²) in [5, 5.41) is 11.4. The summed E-state index contributed by atoms with van der Waals surface area (Å²) in [6.45, 7) is 5.83. The SMILES string of the molecule is CCN(CCCNC(=O)C(C)C(C)C(=O)O)S(C)(=O)=O. The Hall–Kier alpha value is -1.15. The van der Waals surface area contributed by atoms with Crippen molar-refractivity contribution in [2.45, 2.75) is 27.2 Å². The first-order valence-corrected chi connectivity index (χ1v) is 8.41. The van der Waals surface area contributed by atoms with Crippen LogP contribution in [-0.4, -0.2) is 55.6 Å². The smallest absolute Gasteiger partial charge is 0.307 e. The molecule has 0 heterocycles. The van der Waals surface area contributed by atoms with E-state index in [-0.39, 0.29) is 5.91 Å². The van der Waals surface area contributed by atoms with Crippen LogP contribution in [0.25, 0.3) is 0 Å². The fourth-order valence-electron chi connectivity index (χ4n) is 1.63. The number of carboxylic acid groups (broad SMARTS) is 1. The van der Waals surface area contributed by atoms with Crippen molar-refractivity contribution in [2.24, 2.45) is 11.8 Å². The van der Waals surface area contributed by atoms with Gasteiger partial charge in [0.1, 0.15) is 0 Å². The molecule has 1 amide bonds. The quantitative estimate of drug-likeness (QED) is 0.589. The summed E-state index contributed by atoms with van der Waals surface area (Å²) >= 11 is 0. The van der Waals surface area contributed by atoms with Gasteiger partial charge in [0.25, 0.3) is 0 Å². The maximum Gasteiger partial charge on any atom is 0.307 e. The van der Waals surface area contributed by atoms with Gasteiger partial charge in [0.05, 0.1) is 12.2 Å². The molecule has 2 atom stereocenters. The van der Waals surface area contributed by atoms with E-state index in [1.807, 2.05) is 0 Å². The van der Waals surface area contributed by atoms with Crippen molar-refractivity contribution in [1.82, 2.24) is 9.62 Å². The van der Waals surface area contributed by atoms with Gasteiger partial charge in [-0.05, 0) is 6.42 Å². The number of amides is 1. The van der Waals surface area contributed by atoms with Crippen LogP contribution in [0.2, 0.25) is 0 Å². The van der Waals surface area contributed by atoms with Gasteiger partial charge in [0.2, 0.25) is 15.9 Å². The number of carbonyl (C=O) groups excluding carboxylic acids is 1. The highest BCUT2D eigenvalue weighted by Crippen LogP contribution is 2.10. The molecule has 118 valence electrons. The normalized spacial score (nSPS) is 14.8. The second-order valence-corrected chi connectivity index (χ2v) is 6.80. The summed E-state index contributed by atoms with van der Waals surface area (Å²) in [6, 6.07) is 0. The van der Waals surface area contributed by atoms with Crippen molar-refractivity contribution in [1.29, 1.82) is 0 Å². The minimum atomic E-state index is -3.21. The lowest BCUT2D eigenvalue weighted by atomic mass is 9.95. The van der Waals surface area contributed by atoms with Gasteiger partial charge in [-0.1, -0.05) is 20.8 Å². The summed E-state index contributed by atoms with van der Waals surface area (Å²) in [5.74, 6) is -2.72. The van der Waals surface area contributed by atoms with E-state index in [1.165, 1.54) is 11.2 Å². The van der Waals surface area contributed by atoms with E-state index < -0.39 is 27.8 Å². The molecule has 7 nitrogen and oxygen atoms in total. The minimum Gasteiger partial charge on any atom is -0.481 e. The van der Waals surface area contributed by atoms with Crippen molar-refractivity contribution in [2.75, 3.05) is 25.9 Å². The average Bonchev–Trinajstić information content (AvgIpc) is 2.34. The van der Waals surface area contributed by atoms with Crippen LogP contribution in [0.1, 0.15) is 27.2 Å². The van der Waals surface area contributed by atoms with Gasteiger partial charge in [-0.3, -0.25) is 9.59 Å². The molecule has 0 spiro atoms. The Morgan fingerprint density at radius 2 is 1.80 bits per heavy atom. The first-order valence-electron chi connectivity index (χ1n) is 6.56. The Labute approximate surface area is 120 Å². The molecule has 0 saturated carbocycles. The molecule has 8 heteroatoms. The number of aliphatic carboxylic acids is 1. The molecule has 0 aliphatic rings. The molecule has 2 N–H and O–H groups in total. The highest BCUT2D eigenvalue weighted by molar-refractivity contribution is 7.88. The molecule has 0 aliphatic heterocycles. The van der Waals surface area contributed by atoms with Crippen LogP contribution in [0, 0.1) is 11.8 Å². The van der Waals surface area contributed by atoms with Crippen LogP contribution in [-0.2, 0) is 19.6 Å². The zero-order chi connectivity index (χ0) is 15.9. The molecule has 0 aromatic carbocycles. The van der Waals surface area contributed by atoms with E-state index in [0.29, 0.717) is 26.1 Å². The third kappa shape index (κ3) is 6.33. The van der Waals surface area contributed by atoms with Gasteiger partial charge in [0, 0.05) is 25.6 Å². The lowest BCUT2D eigenvalue weighted by Crippen LogP contribution is -2.37. The summed E-state index contributed by atoms with van der Waals surface area (Å²) in [5.41, 5.74) is 0. The summed E-state index contributed by atoms with van der Waals surface area (Å²) < 4.78 is 24.0. The monoisotopic (exact) mass is 308 g/mol. The largest absolute Gasteiger partial charge is 0.481 e. The van der Waals surface area contributed by atoms with E-state index in [1.54, 1.807) is 13.8 Å². The Bertz CT molecular complexity index is 435. The predicted octanol–water partition coefficient (Wildman–Crippen LogP) is 0.131. The Balaban J connectivity index is 4.13. The summed E-state index contributed by atoms with van der Waals surface area (Å²) in [4.78, 5) is 22.5. The first kappa shape index (κ1) is 18.9. The molecule has 20 heavy (non-hydrogen) atoms. The van der Waals surface area contributed by atoms with Crippen LogP contribution < -0.4 is 5.32 Å². The van der Waals surface area contributed by atoms with Gasteiger partial charge in [-0.2, -0.15) is 0 Å². The van der Waals surface area contributed by atoms with Crippen molar-refractivity contribution in [3.05, 3.63) is 0 Å². The second kappa shape index (κ2) is 8.21. The molecule has 0 fully saturated rings. The molecule has 0 radical (unpaired) electrons. The fraction of sp³-hybridized carbons (Fsp3) is 0.833. The third-order valence-electron chi connectivity index (χ3n) is 3.26. The third-order valence-corrected chi connectivity index (χ3v) is 4.64. The van der Waals surface area contributed by atoms with Crippen molar-refractivity contribution in [3.63, 3.8) is 0 Å². The highest BCUT2D eigenvalue weighted by atomic mass is 32.2. The molecule has 0 saturated heterocycles. The molecule has 0 rings (SSSR count). The van der Waals surface area contributed by atoms with Crippen molar-refractivity contribution < 1.29 is 23.1 Å². The second-order valence-electron chi connectivity index (χ2n) is 4.81. The van der Waals surface area contributed by atoms with Crippen LogP contribution in [0.3, 0.4) is 0 Å². The van der Waals surface area contributed by atoms with E-state index in [9.17, 15) is 18.0 Å². The van der Waals surface area contributed by atoms with Crippen LogP contribution in [0.5, 0.6) is 0 Å². The maximum atomic E-state index is 11.7. The minimum absolute atomic E-state index is 0.321. The van der Waals surface area contributed by atoms with Crippen molar-refractivity contribution >= 4 is 21.9 Å². The number of rotatable bonds is 9. The zero-order valence-corrected chi connectivity index (χ0v) is 13.2. The van der Waals surface area contributed by atoms with Crippen LogP contribution >= 0.6 is 0 Å². The van der Waals surface area contributed by atoms with E-state index >= 15 is 0 Å². The highest BCUT2D eigenvalue weighted by Gasteiger charge is 2.25. The number of hydrogen-bond donors (Lipinski definition) is 2. The van der Waals surface area contributed by atoms with Gasteiger partial charge in [0.15, 0.2) is 0 Å². The van der Waals surface area contributed by atoms with E-state index in [4.69, 9.17) is 5.11 Å². The molecule has 2 unspecified atom stereocenters. The zero-order valence-electron chi connectivity index (χ0n) is 12.4. The Morgan fingerprint density at radius 1 is 1.25 bits per heavy atom. The maximum absolute atomic E-state index is 11.7. The first-order chi connectivity index (χ1) is 9.11. The average molecular weight is 308 g/mol. The Morgan fingerprint density at radius 3 is 2.20 bits per heavy atom. The molecular weight excluding hydrogens is 284 g/mol. The standard InChI is InChI=1S/C12H24N2O5S/c1-5-14(20(4,18)19)8-6-7-13-11(15)9(2)10(3)12(16)17/h9-10H,5-8H2,1-4H3,(H,13,15)(H,16,17). The predicted molar refractivity (Wildman–Crippen MR) is 75.7 cm³/mol. The fourth-order valence-corrected chi connectivity index (χ4v) is 2.56. The van der Waals surface area contributed by atoms with Gasteiger partial charge in [-0.15, -0.1) is 0 Å². The number of carboxylic acids is 1. The van der Waals surface area contributed by atoms with E-state index in [0.717, 1.165) is 6.26 Å². The van der Waals surface area contributed by atoms with Crippen molar-refractivity contribution in [3.8, 4) is 0 Å². The molecular formula is C12H24N2O5S. The molecule has 0 aromatic rings. The molecule has 0 bridgehead atoms. The molecule has 0 aliphatic carbocycles. The van der Waals surface area contributed by atoms with Crippen LogP contribution in [0.15, 0.2) is 0 Å². The number of carbonyl (C=O) groups is 2. The van der Waals surface area contributed by atoms with E-state index in [2.05, 4.69) is 5.32 Å². The topological polar surface area (TPSA) is 104 Å². The summed E-state index contributed by atoms with van der Waals surface area (Å²) in [7, 11) is -3.21. The Kier molecular flexibility index (Phi) is 7.74. The van der Waals surface area contributed by atoms with Gasteiger partial charge in [-0.25, -0.2) is 12.7 Å². The number of sulfonamides is 1. The number of hydrogen-bond acceptors (Lipinski definition) is 4. The number of nitrogens with one attached hydrogen (secondary N) is 1. The number of nitrogens with zero attached hydrogens (tertiary/aromatic N) is 1. The summed E-state index contributed by atoms with van der Waals surface area (Å²) in [6.07, 6.45) is 1.63. The molecule has 0 aromatic heterocycles. The lowest BCUT2D eigenvalue weighted by Gasteiger charge is -2.19.